The highest BCUT2D eigenvalue weighted by molar-refractivity contribution is 8.00. The fourth-order valence-electron chi connectivity index (χ4n) is 4.11. The minimum Gasteiger partial charge on any atom is -0.325 e. The van der Waals surface area contributed by atoms with Crippen LogP contribution in [-0.4, -0.2) is 23.2 Å². The van der Waals surface area contributed by atoms with Crippen molar-refractivity contribution in [1.29, 1.82) is 0 Å². The van der Waals surface area contributed by atoms with Gasteiger partial charge in [0.2, 0.25) is 5.91 Å². The molecular formula is C27H19NO3S. The average Bonchev–Trinajstić information content (AvgIpc) is 2.81. The van der Waals surface area contributed by atoms with Gasteiger partial charge < -0.3 is 5.32 Å². The highest BCUT2D eigenvalue weighted by Gasteiger charge is 2.25. The van der Waals surface area contributed by atoms with Gasteiger partial charge in [-0.15, -0.1) is 11.8 Å². The van der Waals surface area contributed by atoms with E-state index < -0.39 is 0 Å². The number of carbonyl (C=O) groups excluding carboxylic acids is 3. The van der Waals surface area contributed by atoms with E-state index in [0.717, 1.165) is 32.4 Å². The maximum Gasteiger partial charge on any atom is 0.234 e. The van der Waals surface area contributed by atoms with Gasteiger partial charge in [0.1, 0.15) is 0 Å². The van der Waals surface area contributed by atoms with Gasteiger partial charge in [0.15, 0.2) is 11.6 Å². The SMILES string of the molecule is CC(=O)c1ccc(NC(=O)CSc2ccc3c4c(cccc24)C(=O)c2ccccc2-3)cc1. The van der Waals surface area contributed by atoms with Crippen molar-refractivity contribution < 1.29 is 14.4 Å². The number of thioether (sulfide) groups is 1. The van der Waals surface area contributed by atoms with E-state index in [4.69, 9.17) is 0 Å². The smallest absolute Gasteiger partial charge is 0.234 e. The van der Waals surface area contributed by atoms with Crippen LogP contribution in [0.15, 0.2) is 83.8 Å². The number of anilines is 1. The van der Waals surface area contributed by atoms with Crippen LogP contribution in [0.2, 0.25) is 0 Å². The predicted molar refractivity (Wildman–Crippen MR) is 129 cm³/mol. The number of benzene rings is 4. The lowest BCUT2D eigenvalue weighted by Gasteiger charge is -2.21. The van der Waals surface area contributed by atoms with E-state index in [1.165, 1.54) is 18.7 Å². The molecule has 4 nitrogen and oxygen atoms in total. The lowest BCUT2D eigenvalue weighted by atomic mass is 9.83. The van der Waals surface area contributed by atoms with Gasteiger partial charge in [0.25, 0.3) is 0 Å². The molecule has 5 heteroatoms. The first-order valence-electron chi connectivity index (χ1n) is 10.3. The van der Waals surface area contributed by atoms with Crippen LogP contribution >= 0.6 is 11.8 Å². The zero-order chi connectivity index (χ0) is 22.2. The molecular weight excluding hydrogens is 418 g/mol. The summed E-state index contributed by atoms with van der Waals surface area (Å²) in [6, 6.07) is 24.4. The maximum absolute atomic E-state index is 13.0. The van der Waals surface area contributed by atoms with Crippen LogP contribution in [0.25, 0.3) is 21.9 Å². The second-order valence-electron chi connectivity index (χ2n) is 7.68. The molecule has 1 aliphatic carbocycles. The lowest BCUT2D eigenvalue weighted by molar-refractivity contribution is -0.113. The molecule has 1 aliphatic rings. The van der Waals surface area contributed by atoms with Crippen molar-refractivity contribution in [2.75, 3.05) is 11.1 Å². The molecule has 0 fully saturated rings. The van der Waals surface area contributed by atoms with E-state index in [1.54, 1.807) is 24.3 Å². The molecule has 0 unspecified atom stereocenters. The Morgan fingerprint density at radius 3 is 2.25 bits per heavy atom. The quantitative estimate of drug-likeness (QED) is 0.271. The number of hydrogen-bond acceptors (Lipinski definition) is 4. The summed E-state index contributed by atoms with van der Waals surface area (Å²) in [5, 5.41) is 4.79. The summed E-state index contributed by atoms with van der Waals surface area (Å²) in [5.74, 6) is 0.125. The first-order valence-corrected chi connectivity index (χ1v) is 11.2. The normalized spacial score (nSPS) is 11.8. The molecule has 32 heavy (non-hydrogen) atoms. The van der Waals surface area contributed by atoms with Crippen molar-refractivity contribution >= 4 is 45.7 Å². The largest absolute Gasteiger partial charge is 0.325 e. The fourth-order valence-corrected chi connectivity index (χ4v) is 4.96. The molecule has 4 aromatic rings. The number of rotatable bonds is 5. The summed E-state index contributed by atoms with van der Waals surface area (Å²) in [5.41, 5.74) is 4.68. The van der Waals surface area contributed by atoms with Crippen molar-refractivity contribution in [3.63, 3.8) is 0 Å². The van der Waals surface area contributed by atoms with E-state index in [2.05, 4.69) is 5.32 Å². The Labute approximate surface area is 189 Å². The molecule has 0 radical (unpaired) electrons. The van der Waals surface area contributed by atoms with Crippen molar-refractivity contribution in [3.05, 3.63) is 95.6 Å². The average molecular weight is 438 g/mol. The van der Waals surface area contributed by atoms with Crippen molar-refractivity contribution in [2.45, 2.75) is 11.8 Å². The van der Waals surface area contributed by atoms with Gasteiger partial charge in [-0.05, 0) is 53.8 Å². The number of amides is 1. The summed E-state index contributed by atoms with van der Waals surface area (Å²) in [6.45, 7) is 1.51. The summed E-state index contributed by atoms with van der Waals surface area (Å²) in [7, 11) is 0. The predicted octanol–water partition coefficient (Wildman–Crippen LogP) is 5.98. The van der Waals surface area contributed by atoms with Crippen LogP contribution < -0.4 is 5.32 Å². The molecule has 0 saturated heterocycles. The van der Waals surface area contributed by atoms with E-state index >= 15 is 0 Å². The van der Waals surface area contributed by atoms with Gasteiger partial charge in [-0.1, -0.05) is 48.5 Å². The number of ketones is 2. The molecule has 156 valence electrons. The standard InChI is InChI=1S/C27H19NO3S/c1-16(29)17-9-11-18(12-10-17)28-25(30)15-32-24-14-13-20-19-5-2-3-6-21(19)27(31)23-8-4-7-22(24)26(20)23/h2-14H,15H2,1H3,(H,28,30). The molecule has 0 spiro atoms. The molecule has 0 saturated carbocycles. The van der Waals surface area contributed by atoms with Gasteiger partial charge in [-0.3, -0.25) is 14.4 Å². The van der Waals surface area contributed by atoms with E-state index in [9.17, 15) is 14.4 Å². The van der Waals surface area contributed by atoms with Crippen molar-refractivity contribution in [3.8, 4) is 11.1 Å². The van der Waals surface area contributed by atoms with Crippen LogP contribution in [0.3, 0.4) is 0 Å². The van der Waals surface area contributed by atoms with Gasteiger partial charge in [0, 0.05) is 32.7 Å². The maximum atomic E-state index is 13.0. The Hall–Kier alpha value is -3.70. The Balaban J connectivity index is 1.40. The number of fused-ring (bicyclic) bond motifs is 2. The molecule has 1 amide bonds. The second kappa shape index (κ2) is 8.09. The summed E-state index contributed by atoms with van der Waals surface area (Å²) in [4.78, 5) is 37.9. The summed E-state index contributed by atoms with van der Waals surface area (Å²) < 4.78 is 0. The molecule has 0 aliphatic heterocycles. The Morgan fingerprint density at radius 2 is 1.50 bits per heavy atom. The highest BCUT2D eigenvalue weighted by Crippen LogP contribution is 2.42. The first kappa shape index (κ1) is 20.2. The minimum atomic E-state index is -0.132. The van der Waals surface area contributed by atoms with Crippen LogP contribution in [0, 0.1) is 0 Å². The van der Waals surface area contributed by atoms with Gasteiger partial charge >= 0.3 is 0 Å². The summed E-state index contributed by atoms with van der Waals surface area (Å²) >= 11 is 1.44. The fraction of sp³-hybridized carbons (Fsp3) is 0.0741. The summed E-state index contributed by atoms with van der Waals surface area (Å²) in [6.07, 6.45) is 0. The Bertz CT molecular complexity index is 1410. The zero-order valence-electron chi connectivity index (χ0n) is 17.3. The number of hydrogen-bond donors (Lipinski definition) is 1. The molecule has 0 atom stereocenters. The molecule has 0 bridgehead atoms. The molecule has 1 N–H and O–H groups in total. The molecule has 0 heterocycles. The zero-order valence-corrected chi connectivity index (χ0v) is 18.2. The number of nitrogens with one attached hydrogen (secondary N) is 1. The number of carbonyl (C=O) groups is 3. The highest BCUT2D eigenvalue weighted by atomic mass is 32.2. The van der Waals surface area contributed by atoms with E-state index in [1.807, 2.05) is 54.6 Å². The molecule has 0 aromatic heterocycles. The third kappa shape index (κ3) is 3.51. The van der Waals surface area contributed by atoms with Gasteiger partial charge in [0.05, 0.1) is 5.75 Å². The van der Waals surface area contributed by atoms with E-state index in [0.29, 0.717) is 16.8 Å². The van der Waals surface area contributed by atoms with Crippen LogP contribution in [0.5, 0.6) is 0 Å². The van der Waals surface area contributed by atoms with Gasteiger partial charge in [-0.2, -0.15) is 0 Å². The molecule has 5 rings (SSSR count). The van der Waals surface area contributed by atoms with E-state index in [-0.39, 0.29) is 23.2 Å². The van der Waals surface area contributed by atoms with Gasteiger partial charge in [-0.25, -0.2) is 0 Å². The monoisotopic (exact) mass is 437 g/mol. The molecule has 4 aromatic carbocycles. The third-order valence-electron chi connectivity index (χ3n) is 5.64. The van der Waals surface area contributed by atoms with Crippen LogP contribution in [0.1, 0.15) is 33.2 Å². The number of Topliss-reactive ketones (excluding diaryl/α,β-unsaturated/α-hetero) is 1. The topological polar surface area (TPSA) is 63.2 Å². The van der Waals surface area contributed by atoms with Crippen LogP contribution in [0.4, 0.5) is 5.69 Å². The third-order valence-corrected chi connectivity index (χ3v) is 6.71. The minimum absolute atomic E-state index is 0.0117. The van der Waals surface area contributed by atoms with Crippen molar-refractivity contribution in [2.24, 2.45) is 0 Å². The Morgan fingerprint density at radius 1 is 0.781 bits per heavy atom. The lowest BCUT2D eigenvalue weighted by Crippen LogP contribution is -2.14. The first-order chi connectivity index (χ1) is 15.5. The van der Waals surface area contributed by atoms with Crippen molar-refractivity contribution in [1.82, 2.24) is 0 Å². The second-order valence-corrected chi connectivity index (χ2v) is 8.70. The van der Waals surface area contributed by atoms with Crippen LogP contribution in [-0.2, 0) is 4.79 Å². The Kier molecular flexibility index (Phi) is 5.11.